The Balaban J connectivity index is 2.54. The van der Waals surface area contributed by atoms with Crippen LogP contribution in [0.2, 0.25) is 0 Å². The first-order valence-corrected chi connectivity index (χ1v) is 5.94. The summed E-state index contributed by atoms with van der Waals surface area (Å²) in [6.45, 7) is 2.53. The summed E-state index contributed by atoms with van der Waals surface area (Å²) in [6, 6.07) is -1.13. The van der Waals surface area contributed by atoms with Gasteiger partial charge in [-0.25, -0.2) is 9.59 Å². The number of carboxylic acids is 1. The summed E-state index contributed by atoms with van der Waals surface area (Å²) in [6.07, 6.45) is -2.96. The van der Waals surface area contributed by atoms with E-state index < -0.39 is 23.7 Å². The Morgan fingerprint density at radius 2 is 1.89 bits per heavy atom. The number of nitrogens with one attached hydrogen (secondary N) is 2. The first-order chi connectivity index (χ1) is 8.58. The third-order valence-corrected chi connectivity index (χ3v) is 3.37. The smallest absolute Gasteiger partial charge is 0.422 e. The number of amides is 2. The summed E-state index contributed by atoms with van der Waals surface area (Å²) in [7, 11) is 0. The Morgan fingerprint density at radius 1 is 1.37 bits per heavy atom. The van der Waals surface area contributed by atoms with Crippen molar-refractivity contribution in [2.75, 3.05) is 6.54 Å². The average Bonchev–Trinajstić information content (AvgIpc) is 3.07. The summed E-state index contributed by atoms with van der Waals surface area (Å²) in [5.41, 5.74) is -3.29. The van der Waals surface area contributed by atoms with E-state index in [9.17, 15) is 22.8 Å². The molecular formula is C11H17F3N2O3. The highest BCUT2D eigenvalue weighted by Gasteiger charge is 2.58. The summed E-state index contributed by atoms with van der Waals surface area (Å²) in [5.74, 6) is -1.48. The molecule has 1 fully saturated rings. The van der Waals surface area contributed by atoms with Crippen molar-refractivity contribution in [3.8, 4) is 0 Å². The van der Waals surface area contributed by atoms with Gasteiger partial charge in [0, 0.05) is 6.54 Å². The largest absolute Gasteiger partial charge is 0.479 e. The lowest BCUT2D eigenvalue weighted by Gasteiger charge is -2.28. The zero-order chi connectivity index (χ0) is 14.8. The second-order valence-corrected chi connectivity index (χ2v) is 5.08. The minimum atomic E-state index is -5.07. The van der Waals surface area contributed by atoms with E-state index in [0.717, 1.165) is 12.8 Å². The highest BCUT2D eigenvalue weighted by molar-refractivity contribution is 5.86. The molecule has 0 heterocycles. The maximum absolute atomic E-state index is 12.6. The van der Waals surface area contributed by atoms with Gasteiger partial charge in [0.1, 0.15) is 0 Å². The second kappa shape index (κ2) is 5.26. The molecule has 0 radical (unpaired) electrons. The van der Waals surface area contributed by atoms with Crippen LogP contribution >= 0.6 is 0 Å². The maximum Gasteiger partial charge on any atom is 0.422 e. The lowest BCUT2D eigenvalue weighted by atomic mass is 10.0. The predicted molar refractivity (Wildman–Crippen MR) is 60.5 cm³/mol. The monoisotopic (exact) mass is 282 g/mol. The van der Waals surface area contributed by atoms with E-state index in [4.69, 9.17) is 5.11 Å². The molecule has 2 unspecified atom stereocenters. The molecule has 5 nitrogen and oxygen atoms in total. The van der Waals surface area contributed by atoms with E-state index in [0.29, 0.717) is 12.8 Å². The first-order valence-electron chi connectivity index (χ1n) is 5.94. The SMILES string of the molecule is CC(CNC(=O)NC(C)(C(=O)O)C(F)(F)F)C1CC1. The highest BCUT2D eigenvalue weighted by atomic mass is 19.4. The van der Waals surface area contributed by atoms with Gasteiger partial charge in [-0.15, -0.1) is 0 Å². The number of halogens is 3. The van der Waals surface area contributed by atoms with Crippen molar-refractivity contribution in [3.05, 3.63) is 0 Å². The van der Waals surface area contributed by atoms with Crippen molar-refractivity contribution in [2.24, 2.45) is 11.8 Å². The van der Waals surface area contributed by atoms with Gasteiger partial charge in [-0.1, -0.05) is 6.92 Å². The van der Waals surface area contributed by atoms with E-state index in [-0.39, 0.29) is 12.5 Å². The number of carbonyl (C=O) groups is 2. The van der Waals surface area contributed by atoms with E-state index in [1.807, 2.05) is 6.92 Å². The predicted octanol–water partition coefficient (Wildman–Crippen LogP) is 1.74. The van der Waals surface area contributed by atoms with Crippen molar-refractivity contribution >= 4 is 12.0 Å². The third-order valence-electron chi connectivity index (χ3n) is 3.37. The lowest BCUT2D eigenvalue weighted by Crippen LogP contribution is -2.63. The molecular weight excluding hydrogens is 265 g/mol. The second-order valence-electron chi connectivity index (χ2n) is 5.08. The summed E-state index contributed by atoms with van der Waals surface area (Å²) >= 11 is 0. The zero-order valence-corrected chi connectivity index (χ0v) is 10.7. The van der Waals surface area contributed by atoms with Crippen LogP contribution in [0.25, 0.3) is 0 Å². The van der Waals surface area contributed by atoms with Crippen LogP contribution in [-0.2, 0) is 4.79 Å². The number of aliphatic carboxylic acids is 1. The fourth-order valence-electron chi connectivity index (χ4n) is 1.60. The van der Waals surface area contributed by atoms with Gasteiger partial charge in [0.05, 0.1) is 0 Å². The van der Waals surface area contributed by atoms with E-state index in [2.05, 4.69) is 5.32 Å². The van der Waals surface area contributed by atoms with Gasteiger partial charge in [0.25, 0.3) is 0 Å². The molecule has 0 aromatic carbocycles. The van der Waals surface area contributed by atoms with Gasteiger partial charge in [0.15, 0.2) is 0 Å². The summed E-state index contributed by atoms with van der Waals surface area (Å²) < 4.78 is 37.9. The average molecular weight is 282 g/mol. The molecule has 2 amide bonds. The number of alkyl halides is 3. The van der Waals surface area contributed by atoms with Gasteiger partial charge < -0.3 is 15.7 Å². The van der Waals surface area contributed by atoms with Crippen LogP contribution in [0.1, 0.15) is 26.7 Å². The number of hydrogen-bond donors (Lipinski definition) is 3. The van der Waals surface area contributed by atoms with E-state index in [1.54, 1.807) is 0 Å². The standard InChI is InChI=1S/C11H17F3N2O3/c1-6(7-3-4-7)5-15-9(19)16-10(2,8(17)18)11(12,13)14/h6-7H,3-5H2,1-2H3,(H,17,18)(H2,15,16,19). The zero-order valence-electron chi connectivity index (χ0n) is 10.7. The Hall–Kier alpha value is -1.47. The van der Waals surface area contributed by atoms with Crippen LogP contribution in [-0.4, -0.2) is 35.4 Å². The van der Waals surface area contributed by atoms with Crippen molar-refractivity contribution < 1.29 is 27.9 Å². The number of carbonyl (C=O) groups excluding carboxylic acids is 1. The molecule has 0 aromatic rings. The molecule has 1 aliphatic rings. The normalized spacial score (nSPS) is 20.3. The molecule has 1 aliphatic carbocycles. The molecule has 19 heavy (non-hydrogen) atoms. The van der Waals surface area contributed by atoms with Crippen LogP contribution in [0.5, 0.6) is 0 Å². The Labute approximate surface area is 108 Å². The summed E-state index contributed by atoms with van der Waals surface area (Å²) in [5, 5.41) is 12.4. The Morgan fingerprint density at radius 3 is 2.26 bits per heavy atom. The van der Waals surface area contributed by atoms with Crippen molar-refractivity contribution in [3.63, 3.8) is 0 Å². The Kier molecular flexibility index (Phi) is 4.32. The van der Waals surface area contributed by atoms with Crippen molar-refractivity contribution in [1.29, 1.82) is 0 Å². The number of carboxylic acid groups (broad SMARTS) is 1. The highest BCUT2D eigenvalue weighted by Crippen LogP contribution is 2.36. The molecule has 0 bridgehead atoms. The maximum atomic E-state index is 12.6. The minimum absolute atomic E-state index is 0.174. The molecule has 1 saturated carbocycles. The Bertz CT molecular complexity index is 369. The van der Waals surface area contributed by atoms with Crippen molar-refractivity contribution in [2.45, 2.75) is 38.4 Å². The van der Waals surface area contributed by atoms with Gasteiger partial charge in [-0.3, -0.25) is 0 Å². The molecule has 8 heteroatoms. The number of hydrogen-bond acceptors (Lipinski definition) is 2. The molecule has 0 spiro atoms. The molecule has 0 saturated heterocycles. The number of rotatable bonds is 5. The first kappa shape index (κ1) is 15.6. The lowest BCUT2D eigenvalue weighted by molar-refractivity contribution is -0.203. The fourth-order valence-corrected chi connectivity index (χ4v) is 1.60. The van der Waals surface area contributed by atoms with Gasteiger partial charge in [0.2, 0.25) is 5.54 Å². The molecule has 3 N–H and O–H groups in total. The van der Waals surface area contributed by atoms with Crippen LogP contribution in [0.4, 0.5) is 18.0 Å². The van der Waals surface area contributed by atoms with Gasteiger partial charge >= 0.3 is 18.2 Å². The summed E-state index contributed by atoms with van der Waals surface area (Å²) in [4.78, 5) is 22.1. The van der Waals surface area contributed by atoms with E-state index >= 15 is 0 Å². The van der Waals surface area contributed by atoms with E-state index in [1.165, 1.54) is 5.32 Å². The van der Waals surface area contributed by atoms with Crippen LogP contribution < -0.4 is 10.6 Å². The fraction of sp³-hybridized carbons (Fsp3) is 0.818. The minimum Gasteiger partial charge on any atom is -0.479 e. The molecule has 0 aliphatic heterocycles. The molecule has 1 rings (SSSR count). The topological polar surface area (TPSA) is 78.4 Å². The van der Waals surface area contributed by atoms with Crippen LogP contribution in [0.15, 0.2) is 0 Å². The van der Waals surface area contributed by atoms with Crippen molar-refractivity contribution in [1.82, 2.24) is 10.6 Å². The quantitative estimate of drug-likeness (QED) is 0.718. The van der Waals surface area contributed by atoms with Crippen LogP contribution in [0, 0.1) is 11.8 Å². The van der Waals surface area contributed by atoms with Crippen LogP contribution in [0.3, 0.4) is 0 Å². The van der Waals surface area contributed by atoms with Gasteiger partial charge in [-0.2, -0.15) is 13.2 Å². The molecule has 110 valence electrons. The third kappa shape index (κ3) is 3.74. The molecule has 0 aromatic heterocycles. The number of urea groups is 1. The van der Waals surface area contributed by atoms with Gasteiger partial charge in [-0.05, 0) is 31.6 Å². The molecule has 2 atom stereocenters.